The fourth-order valence-corrected chi connectivity index (χ4v) is 6.05. The molecule has 9 heteroatoms. The smallest absolute Gasteiger partial charge is 0.273 e. The van der Waals surface area contributed by atoms with E-state index in [0.29, 0.717) is 16.7 Å². The highest BCUT2D eigenvalue weighted by molar-refractivity contribution is 7.13. The number of alkyl halides is 2. The van der Waals surface area contributed by atoms with Crippen molar-refractivity contribution in [3.05, 3.63) is 52.7 Å². The maximum Gasteiger partial charge on any atom is 0.273 e. The number of hydrogen-bond acceptors (Lipinski definition) is 6. The third-order valence-corrected chi connectivity index (χ3v) is 8.12. The number of carbonyl (C=O) groups is 1. The van der Waals surface area contributed by atoms with Crippen molar-refractivity contribution >= 4 is 28.1 Å². The Morgan fingerprint density at radius 2 is 2.03 bits per heavy atom. The van der Waals surface area contributed by atoms with Crippen LogP contribution in [0.3, 0.4) is 0 Å². The summed E-state index contributed by atoms with van der Waals surface area (Å²) in [6, 6.07) is 9.74. The van der Waals surface area contributed by atoms with Crippen molar-refractivity contribution in [2.75, 3.05) is 19.7 Å². The Hall–Kier alpha value is -2.65. The Morgan fingerprint density at radius 3 is 2.86 bits per heavy atom. The van der Waals surface area contributed by atoms with E-state index >= 15 is 0 Å². The summed E-state index contributed by atoms with van der Waals surface area (Å²) in [6.07, 6.45) is 5.47. The second kappa shape index (κ2) is 11.0. The number of nitrogens with one attached hydrogen (secondary N) is 1. The van der Waals surface area contributed by atoms with Crippen molar-refractivity contribution in [1.82, 2.24) is 20.2 Å². The summed E-state index contributed by atoms with van der Waals surface area (Å²) >= 11 is 1.40. The molecule has 1 aliphatic carbocycles. The number of hydrogen-bond donors (Lipinski definition) is 1. The molecule has 186 valence electrons. The molecular formula is C26H30F2N4O2S. The van der Waals surface area contributed by atoms with Crippen LogP contribution in [0.15, 0.2) is 36.5 Å². The molecule has 5 rings (SSSR count). The van der Waals surface area contributed by atoms with Crippen molar-refractivity contribution in [2.45, 2.75) is 57.5 Å². The van der Waals surface area contributed by atoms with Crippen molar-refractivity contribution in [2.24, 2.45) is 5.92 Å². The van der Waals surface area contributed by atoms with Crippen LogP contribution in [0.1, 0.15) is 53.0 Å². The number of benzene rings is 1. The lowest BCUT2D eigenvalue weighted by atomic mass is 9.84. The predicted molar refractivity (Wildman–Crippen MR) is 132 cm³/mol. The third kappa shape index (κ3) is 5.95. The fourth-order valence-electron chi connectivity index (χ4n) is 5.13. The molecule has 0 bridgehead atoms. The molecule has 6 nitrogen and oxygen atoms in total. The van der Waals surface area contributed by atoms with Gasteiger partial charge in [0.25, 0.3) is 17.5 Å². The van der Waals surface area contributed by atoms with Crippen LogP contribution in [0.2, 0.25) is 0 Å². The number of thiazole rings is 1. The molecule has 1 aliphatic heterocycles. The summed E-state index contributed by atoms with van der Waals surface area (Å²) in [5.74, 6) is 0.642. The topological polar surface area (TPSA) is 67.4 Å². The maximum atomic E-state index is 12.9. The number of carbonyl (C=O) groups excluding carboxylic acids is 1. The highest BCUT2D eigenvalue weighted by atomic mass is 32.1. The molecule has 1 amide bonds. The van der Waals surface area contributed by atoms with Gasteiger partial charge < -0.3 is 10.1 Å². The van der Waals surface area contributed by atoms with E-state index in [1.165, 1.54) is 11.3 Å². The van der Waals surface area contributed by atoms with Crippen molar-refractivity contribution < 1.29 is 18.3 Å². The highest BCUT2D eigenvalue weighted by Gasteiger charge is 2.26. The molecule has 0 spiro atoms. The maximum absolute atomic E-state index is 12.9. The second-order valence-electron chi connectivity index (χ2n) is 9.43. The lowest BCUT2D eigenvalue weighted by Crippen LogP contribution is -2.38. The Bertz CT molecular complexity index is 1160. The molecule has 0 saturated heterocycles. The second-order valence-corrected chi connectivity index (χ2v) is 10.5. The first kappa shape index (κ1) is 24.1. The lowest BCUT2D eigenvalue weighted by molar-refractivity contribution is 0.0815. The van der Waals surface area contributed by atoms with E-state index in [1.807, 2.05) is 24.3 Å². The number of nitrogens with zero attached hydrogens (tertiary/aromatic N) is 3. The molecular weight excluding hydrogens is 470 g/mol. The van der Waals surface area contributed by atoms with Gasteiger partial charge in [-0.3, -0.25) is 14.7 Å². The zero-order chi connectivity index (χ0) is 24.2. The van der Waals surface area contributed by atoms with Crippen LogP contribution >= 0.6 is 11.3 Å². The standard InChI is InChI=1S/C26H30F2N4O2S/c27-24(28)16-34-26-31-22-15-32(14-11-23(22)35-26)13-10-17-5-7-18(8-6-17)30-25(33)20-9-12-29-21-4-2-1-3-19(20)21/h1-4,9,12,17-18,24H,5-8,10-11,13-16H2,(H,30,33)/t17-,18-. The van der Waals surface area contributed by atoms with Crippen LogP contribution in [0.5, 0.6) is 5.19 Å². The van der Waals surface area contributed by atoms with Crippen LogP contribution in [0, 0.1) is 5.92 Å². The van der Waals surface area contributed by atoms with Crippen LogP contribution < -0.4 is 10.1 Å². The van der Waals surface area contributed by atoms with Crippen LogP contribution in [0.25, 0.3) is 10.9 Å². The summed E-state index contributed by atoms with van der Waals surface area (Å²) in [6.45, 7) is 2.14. The van der Waals surface area contributed by atoms with Gasteiger partial charge in [0.1, 0.15) is 0 Å². The number of rotatable bonds is 8. The van der Waals surface area contributed by atoms with E-state index in [2.05, 4.69) is 20.2 Å². The quantitative estimate of drug-likeness (QED) is 0.468. The van der Waals surface area contributed by atoms with E-state index < -0.39 is 13.0 Å². The van der Waals surface area contributed by atoms with Gasteiger partial charge in [0.05, 0.1) is 16.8 Å². The van der Waals surface area contributed by atoms with Crippen molar-refractivity contribution in [3.8, 4) is 5.19 Å². The summed E-state index contributed by atoms with van der Waals surface area (Å²) in [5.41, 5.74) is 2.50. The molecule has 35 heavy (non-hydrogen) atoms. The normalized spacial score (nSPS) is 20.7. The first-order chi connectivity index (χ1) is 17.0. The van der Waals surface area contributed by atoms with Gasteiger partial charge in [0, 0.05) is 35.6 Å². The van der Waals surface area contributed by atoms with E-state index in [9.17, 15) is 13.6 Å². The van der Waals surface area contributed by atoms with E-state index in [0.717, 1.165) is 79.6 Å². The van der Waals surface area contributed by atoms with Gasteiger partial charge >= 0.3 is 0 Å². The zero-order valence-corrected chi connectivity index (χ0v) is 20.4. The first-order valence-electron chi connectivity index (χ1n) is 12.3. The summed E-state index contributed by atoms with van der Waals surface area (Å²) in [4.78, 5) is 25.3. The minimum atomic E-state index is -2.48. The largest absolute Gasteiger partial charge is 0.464 e. The SMILES string of the molecule is O=C(N[C@H]1CC[C@H](CCN2CCc3sc(OCC(F)F)nc3C2)CC1)c1ccnc2ccccc12. The summed E-state index contributed by atoms with van der Waals surface area (Å²) in [7, 11) is 0. The average Bonchev–Trinajstić information content (AvgIpc) is 3.29. The molecule has 0 radical (unpaired) electrons. The van der Waals surface area contributed by atoms with Gasteiger partial charge in [-0.2, -0.15) is 0 Å². The van der Waals surface area contributed by atoms with Gasteiger partial charge in [-0.05, 0) is 63.1 Å². The zero-order valence-electron chi connectivity index (χ0n) is 19.6. The van der Waals surface area contributed by atoms with Crippen molar-refractivity contribution in [3.63, 3.8) is 0 Å². The van der Waals surface area contributed by atoms with Gasteiger partial charge in [-0.15, -0.1) is 0 Å². The predicted octanol–water partition coefficient (Wildman–Crippen LogP) is 5.07. The minimum Gasteiger partial charge on any atom is -0.464 e. The first-order valence-corrected chi connectivity index (χ1v) is 13.1. The molecule has 3 heterocycles. The molecule has 2 aliphatic rings. The Balaban J connectivity index is 1.06. The molecule has 0 unspecified atom stereocenters. The minimum absolute atomic E-state index is 0.0173. The summed E-state index contributed by atoms with van der Waals surface area (Å²) in [5, 5.41) is 4.49. The average molecular weight is 501 g/mol. The molecule has 1 fully saturated rings. The van der Waals surface area contributed by atoms with Gasteiger partial charge in [0.2, 0.25) is 0 Å². The lowest BCUT2D eigenvalue weighted by Gasteiger charge is -2.32. The van der Waals surface area contributed by atoms with Gasteiger partial charge in [0.15, 0.2) is 6.61 Å². The van der Waals surface area contributed by atoms with Crippen LogP contribution in [-0.2, 0) is 13.0 Å². The highest BCUT2D eigenvalue weighted by Crippen LogP contribution is 2.32. The molecule has 2 aromatic heterocycles. The number of aromatic nitrogens is 2. The molecule has 1 saturated carbocycles. The monoisotopic (exact) mass is 500 g/mol. The van der Waals surface area contributed by atoms with Crippen LogP contribution in [0.4, 0.5) is 8.78 Å². The number of pyridine rings is 1. The third-order valence-electron chi connectivity index (χ3n) is 7.05. The number of para-hydroxylation sites is 1. The van der Waals surface area contributed by atoms with Crippen molar-refractivity contribution in [1.29, 1.82) is 0 Å². The Kier molecular flexibility index (Phi) is 7.53. The summed E-state index contributed by atoms with van der Waals surface area (Å²) < 4.78 is 29.9. The number of halogens is 2. The van der Waals surface area contributed by atoms with Gasteiger partial charge in [-0.1, -0.05) is 29.5 Å². The molecule has 1 aromatic carbocycles. The molecule has 1 N–H and O–H groups in total. The molecule has 0 atom stereocenters. The van der Waals surface area contributed by atoms with Crippen LogP contribution in [-0.4, -0.2) is 52.9 Å². The molecule has 3 aromatic rings. The van der Waals surface area contributed by atoms with E-state index in [1.54, 1.807) is 12.3 Å². The fraction of sp³-hybridized carbons (Fsp3) is 0.500. The Morgan fingerprint density at radius 1 is 1.20 bits per heavy atom. The number of ether oxygens (including phenoxy) is 1. The number of amides is 1. The van der Waals surface area contributed by atoms with Gasteiger partial charge in [-0.25, -0.2) is 13.8 Å². The Labute approximate surface area is 207 Å². The van der Waals surface area contributed by atoms with E-state index in [4.69, 9.17) is 4.74 Å². The van der Waals surface area contributed by atoms with E-state index in [-0.39, 0.29) is 11.9 Å². The number of fused-ring (bicyclic) bond motifs is 2.